The van der Waals surface area contributed by atoms with E-state index in [0.717, 1.165) is 39.3 Å². The molecule has 1 saturated heterocycles. The Hall–Kier alpha value is -1.68. The van der Waals surface area contributed by atoms with Crippen LogP contribution in [0.2, 0.25) is 0 Å². The predicted octanol–water partition coefficient (Wildman–Crippen LogP) is 3.69. The normalized spacial score (nSPS) is 16.2. The van der Waals surface area contributed by atoms with E-state index in [1.54, 1.807) is 0 Å². The second kappa shape index (κ2) is 8.43. The van der Waals surface area contributed by atoms with Gasteiger partial charge in [-0.05, 0) is 24.5 Å². The third kappa shape index (κ3) is 3.86. The first-order valence-corrected chi connectivity index (χ1v) is 8.90. The van der Waals surface area contributed by atoms with Gasteiger partial charge in [-0.3, -0.25) is 4.90 Å². The zero-order valence-electron chi connectivity index (χ0n) is 14.5. The summed E-state index contributed by atoms with van der Waals surface area (Å²) in [5.74, 6) is 0. The highest BCUT2D eigenvalue weighted by molar-refractivity contribution is 5.36. The number of ether oxygens (including phenoxy) is 2. The van der Waals surface area contributed by atoms with Crippen molar-refractivity contribution in [2.24, 2.45) is 0 Å². The summed E-state index contributed by atoms with van der Waals surface area (Å²) in [5, 5.41) is 0. The average molecular weight is 325 g/mol. The molecular weight excluding hydrogens is 298 g/mol. The molecule has 2 aromatic rings. The van der Waals surface area contributed by atoms with Crippen LogP contribution in [-0.4, -0.2) is 44.4 Å². The second-order valence-electron chi connectivity index (χ2n) is 6.20. The molecule has 1 heterocycles. The highest BCUT2D eigenvalue weighted by Gasteiger charge is 2.35. The molecule has 3 rings (SSSR count). The molecule has 2 aromatic carbocycles. The lowest BCUT2D eigenvalue weighted by atomic mass is 9.83. The molecule has 0 aromatic heterocycles. The number of rotatable bonds is 7. The minimum atomic E-state index is -0.393. The summed E-state index contributed by atoms with van der Waals surface area (Å²) in [6, 6.07) is 21.2. The topological polar surface area (TPSA) is 21.7 Å². The first kappa shape index (κ1) is 17.2. The monoisotopic (exact) mass is 325 g/mol. The minimum Gasteiger partial charge on any atom is -0.379 e. The van der Waals surface area contributed by atoms with Crippen LogP contribution in [-0.2, 0) is 15.1 Å². The average Bonchev–Trinajstić information content (AvgIpc) is 2.67. The van der Waals surface area contributed by atoms with Crippen LogP contribution in [0.25, 0.3) is 0 Å². The van der Waals surface area contributed by atoms with Gasteiger partial charge < -0.3 is 9.47 Å². The van der Waals surface area contributed by atoms with Gasteiger partial charge in [0, 0.05) is 26.2 Å². The number of benzene rings is 2. The smallest absolute Gasteiger partial charge is 0.119 e. The van der Waals surface area contributed by atoms with Crippen LogP contribution in [0.15, 0.2) is 60.7 Å². The SMILES string of the molecule is CCOC(CCN1CCOCC1)(c1ccccc1)c1ccccc1. The molecule has 1 aliphatic rings. The van der Waals surface area contributed by atoms with Crippen molar-refractivity contribution >= 4 is 0 Å². The standard InChI is InChI=1S/C21H27NO2/c1-2-24-21(19-9-5-3-6-10-19,20-11-7-4-8-12-20)13-14-22-15-17-23-18-16-22/h3-12H,2,13-18H2,1H3. The molecule has 0 amide bonds. The van der Waals surface area contributed by atoms with Crippen LogP contribution in [0, 0.1) is 0 Å². The fraction of sp³-hybridized carbons (Fsp3) is 0.429. The number of morpholine rings is 1. The van der Waals surface area contributed by atoms with Crippen LogP contribution < -0.4 is 0 Å². The van der Waals surface area contributed by atoms with Crippen LogP contribution >= 0.6 is 0 Å². The van der Waals surface area contributed by atoms with Crippen molar-refractivity contribution < 1.29 is 9.47 Å². The molecule has 0 unspecified atom stereocenters. The van der Waals surface area contributed by atoms with E-state index >= 15 is 0 Å². The highest BCUT2D eigenvalue weighted by atomic mass is 16.5. The van der Waals surface area contributed by atoms with Crippen LogP contribution in [0.1, 0.15) is 24.5 Å². The molecule has 3 nitrogen and oxygen atoms in total. The van der Waals surface area contributed by atoms with Gasteiger partial charge in [-0.2, -0.15) is 0 Å². The van der Waals surface area contributed by atoms with Crippen molar-refractivity contribution in [2.45, 2.75) is 18.9 Å². The molecule has 1 fully saturated rings. The maximum atomic E-state index is 6.43. The lowest BCUT2D eigenvalue weighted by molar-refractivity contribution is -0.0324. The quantitative estimate of drug-likeness (QED) is 0.775. The van der Waals surface area contributed by atoms with Gasteiger partial charge in [0.25, 0.3) is 0 Å². The number of hydrogen-bond acceptors (Lipinski definition) is 3. The van der Waals surface area contributed by atoms with Crippen molar-refractivity contribution in [2.75, 3.05) is 39.5 Å². The van der Waals surface area contributed by atoms with E-state index < -0.39 is 5.60 Å². The van der Waals surface area contributed by atoms with Crippen molar-refractivity contribution in [3.8, 4) is 0 Å². The number of nitrogens with zero attached hydrogens (tertiary/aromatic N) is 1. The Bertz CT molecular complexity index is 554. The first-order valence-electron chi connectivity index (χ1n) is 8.90. The van der Waals surface area contributed by atoms with E-state index in [0.29, 0.717) is 6.61 Å². The van der Waals surface area contributed by atoms with E-state index in [-0.39, 0.29) is 0 Å². The third-order valence-corrected chi connectivity index (χ3v) is 4.75. The van der Waals surface area contributed by atoms with Crippen molar-refractivity contribution in [1.29, 1.82) is 0 Å². The fourth-order valence-electron chi connectivity index (χ4n) is 3.50. The Labute approximate surface area is 145 Å². The first-order chi connectivity index (χ1) is 11.8. The lowest BCUT2D eigenvalue weighted by Crippen LogP contribution is -2.41. The number of hydrogen-bond donors (Lipinski definition) is 0. The third-order valence-electron chi connectivity index (χ3n) is 4.75. The molecular formula is C21H27NO2. The lowest BCUT2D eigenvalue weighted by Gasteiger charge is -2.37. The van der Waals surface area contributed by atoms with E-state index in [1.165, 1.54) is 11.1 Å². The zero-order chi connectivity index (χ0) is 16.7. The maximum absolute atomic E-state index is 6.43. The van der Waals surface area contributed by atoms with Gasteiger partial charge in [0.1, 0.15) is 5.60 Å². The molecule has 0 aliphatic carbocycles. The van der Waals surface area contributed by atoms with Gasteiger partial charge in [-0.25, -0.2) is 0 Å². The van der Waals surface area contributed by atoms with Gasteiger partial charge in [-0.15, -0.1) is 0 Å². The Morgan fingerprint density at radius 3 is 1.96 bits per heavy atom. The second-order valence-corrected chi connectivity index (χ2v) is 6.20. The summed E-state index contributed by atoms with van der Waals surface area (Å²) in [5.41, 5.74) is 2.06. The van der Waals surface area contributed by atoms with E-state index in [4.69, 9.17) is 9.47 Å². The van der Waals surface area contributed by atoms with Crippen molar-refractivity contribution in [3.63, 3.8) is 0 Å². The molecule has 0 bridgehead atoms. The van der Waals surface area contributed by atoms with Crippen LogP contribution in [0.5, 0.6) is 0 Å². The van der Waals surface area contributed by atoms with E-state index in [9.17, 15) is 0 Å². The molecule has 0 atom stereocenters. The molecule has 128 valence electrons. The summed E-state index contributed by atoms with van der Waals surface area (Å²) in [4.78, 5) is 2.48. The largest absolute Gasteiger partial charge is 0.379 e. The van der Waals surface area contributed by atoms with Crippen molar-refractivity contribution in [3.05, 3.63) is 71.8 Å². The summed E-state index contributed by atoms with van der Waals surface area (Å²) in [6.45, 7) is 7.45. The predicted molar refractivity (Wildman–Crippen MR) is 97.2 cm³/mol. The Morgan fingerprint density at radius 2 is 1.46 bits per heavy atom. The fourth-order valence-corrected chi connectivity index (χ4v) is 3.50. The molecule has 0 radical (unpaired) electrons. The van der Waals surface area contributed by atoms with Crippen molar-refractivity contribution in [1.82, 2.24) is 4.90 Å². The molecule has 3 heteroatoms. The van der Waals surface area contributed by atoms with Crippen LogP contribution in [0.4, 0.5) is 0 Å². The van der Waals surface area contributed by atoms with E-state index in [2.05, 4.69) is 72.5 Å². The van der Waals surface area contributed by atoms with Crippen LogP contribution in [0.3, 0.4) is 0 Å². The summed E-state index contributed by atoms with van der Waals surface area (Å²) in [6.07, 6.45) is 0.939. The van der Waals surface area contributed by atoms with Gasteiger partial charge in [0.15, 0.2) is 0 Å². The minimum absolute atomic E-state index is 0.393. The van der Waals surface area contributed by atoms with Gasteiger partial charge in [0.05, 0.1) is 13.2 Å². The zero-order valence-corrected chi connectivity index (χ0v) is 14.5. The van der Waals surface area contributed by atoms with Gasteiger partial charge >= 0.3 is 0 Å². The molecule has 0 N–H and O–H groups in total. The summed E-state index contributed by atoms with van der Waals surface area (Å²) in [7, 11) is 0. The Kier molecular flexibility index (Phi) is 6.02. The summed E-state index contributed by atoms with van der Waals surface area (Å²) < 4.78 is 11.9. The molecule has 24 heavy (non-hydrogen) atoms. The van der Waals surface area contributed by atoms with Gasteiger partial charge in [0.2, 0.25) is 0 Å². The Balaban J connectivity index is 1.91. The highest BCUT2D eigenvalue weighted by Crippen LogP contribution is 2.37. The maximum Gasteiger partial charge on any atom is 0.119 e. The molecule has 0 spiro atoms. The molecule has 0 saturated carbocycles. The summed E-state index contributed by atoms with van der Waals surface area (Å²) >= 11 is 0. The Morgan fingerprint density at radius 1 is 0.917 bits per heavy atom. The van der Waals surface area contributed by atoms with E-state index in [1.807, 2.05) is 0 Å². The van der Waals surface area contributed by atoms with Gasteiger partial charge in [-0.1, -0.05) is 60.7 Å². The molecule has 1 aliphatic heterocycles.